The van der Waals surface area contributed by atoms with Crippen molar-refractivity contribution in [2.75, 3.05) is 31.1 Å². The van der Waals surface area contributed by atoms with E-state index in [9.17, 15) is 0 Å². The van der Waals surface area contributed by atoms with Gasteiger partial charge in [0.15, 0.2) is 0 Å². The number of hydrogen-bond acceptors (Lipinski definition) is 5. The van der Waals surface area contributed by atoms with Gasteiger partial charge in [0.05, 0.1) is 11.9 Å². The fraction of sp³-hybridized carbons (Fsp3) is 0.278. The Morgan fingerprint density at radius 3 is 2.36 bits per heavy atom. The van der Waals surface area contributed by atoms with Crippen LogP contribution in [0.1, 0.15) is 9.74 Å². The van der Waals surface area contributed by atoms with Crippen LogP contribution in [0.3, 0.4) is 0 Å². The summed E-state index contributed by atoms with van der Waals surface area (Å²) in [6, 6.07) is 12.1. The smallest absolute Gasteiger partial charge is 0.225 e. The SMILES string of the molecule is IC(c1cnc(-c2ccccc2)[nH]1)N1CCN(c2ncccn2)CC1. The molecule has 1 fully saturated rings. The maximum absolute atomic E-state index is 4.55. The molecule has 0 amide bonds. The molecule has 4 rings (SSSR count). The maximum Gasteiger partial charge on any atom is 0.225 e. The highest BCUT2D eigenvalue weighted by molar-refractivity contribution is 14.1. The number of halogens is 1. The highest BCUT2D eigenvalue weighted by atomic mass is 127. The highest BCUT2D eigenvalue weighted by Gasteiger charge is 2.25. The van der Waals surface area contributed by atoms with Crippen molar-refractivity contribution in [1.82, 2.24) is 24.8 Å². The van der Waals surface area contributed by atoms with Crippen LogP contribution in [0.15, 0.2) is 55.0 Å². The number of hydrogen-bond donors (Lipinski definition) is 1. The lowest BCUT2D eigenvalue weighted by Crippen LogP contribution is -2.47. The molecule has 0 saturated carbocycles. The predicted molar refractivity (Wildman–Crippen MR) is 107 cm³/mol. The summed E-state index contributed by atoms with van der Waals surface area (Å²) >= 11 is 2.49. The first-order valence-corrected chi connectivity index (χ1v) is 9.56. The zero-order valence-corrected chi connectivity index (χ0v) is 15.9. The van der Waals surface area contributed by atoms with Gasteiger partial charge in [-0.05, 0) is 6.07 Å². The highest BCUT2D eigenvalue weighted by Crippen LogP contribution is 2.29. The molecule has 1 saturated heterocycles. The second-order valence-electron chi connectivity index (χ2n) is 5.96. The Morgan fingerprint density at radius 2 is 1.64 bits per heavy atom. The fourth-order valence-corrected chi connectivity index (χ4v) is 3.87. The Bertz CT molecular complexity index is 799. The lowest BCUT2D eigenvalue weighted by molar-refractivity contribution is 0.249. The standard InChI is InChI=1S/C18H19IN6/c19-16(15-13-22-17(23-15)14-5-2-1-3-6-14)24-9-11-25(12-10-24)18-20-7-4-8-21-18/h1-8,13,16H,9-12H2,(H,22,23). The van der Waals surface area contributed by atoms with Gasteiger partial charge in [-0.1, -0.05) is 52.9 Å². The third-order valence-corrected chi connectivity index (χ3v) is 5.83. The first-order chi connectivity index (χ1) is 12.3. The second-order valence-corrected chi connectivity index (χ2v) is 7.14. The van der Waals surface area contributed by atoms with Crippen LogP contribution in [0.5, 0.6) is 0 Å². The molecule has 3 aromatic rings. The Balaban J connectivity index is 1.41. The molecule has 2 aromatic heterocycles. The molecule has 1 unspecified atom stereocenters. The van der Waals surface area contributed by atoms with Crippen LogP contribution in [-0.4, -0.2) is 51.0 Å². The molecule has 0 bridgehead atoms. The molecule has 1 aromatic carbocycles. The van der Waals surface area contributed by atoms with Crippen molar-refractivity contribution in [1.29, 1.82) is 0 Å². The van der Waals surface area contributed by atoms with E-state index in [4.69, 9.17) is 0 Å². The van der Waals surface area contributed by atoms with Crippen molar-refractivity contribution in [2.24, 2.45) is 0 Å². The minimum absolute atomic E-state index is 0.279. The molecule has 0 aliphatic carbocycles. The first-order valence-electron chi connectivity index (χ1n) is 8.32. The fourth-order valence-electron chi connectivity index (χ4n) is 3.00. The van der Waals surface area contributed by atoms with E-state index in [1.165, 1.54) is 0 Å². The molecule has 0 radical (unpaired) electrons. The van der Waals surface area contributed by atoms with Gasteiger partial charge < -0.3 is 9.88 Å². The van der Waals surface area contributed by atoms with E-state index in [-0.39, 0.29) is 4.05 Å². The lowest BCUT2D eigenvalue weighted by atomic mass is 10.2. The number of nitrogens with one attached hydrogen (secondary N) is 1. The summed E-state index contributed by atoms with van der Waals surface area (Å²) in [5.41, 5.74) is 2.26. The molecule has 0 spiro atoms. The zero-order valence-electron chi connectivity index (χ0n) is 13.7. The number of nitrogens with zero attached hydrogens (tertiary/aromatic N) is 5. The Kier molecular flexibility index (Phi) is 4.93. The minimum Gasteiger partial charge on any atom is -0.340 e. The molecule has 1 atom stereocenters. The van der Waals surface area contributed by atoms with Crippen molar-refractivity contribution in [3.05, 3.63) is 60.7 Å². The van der Waals surface area contributed by atoms with Gasteiger partial charge in [-0.3, -0.25) is 4.90 Å². The molecule has 1 aliphatic rings. The van der Waals surface area contributed by atoms with Crippen LogP contribution in [0, 0.1) is 0 Å². The lowest BCUT2D eigenvalue weighted by Gasteiger charge is -2.36. The van der Waals surface area contributed by atoms with Crippen LogP contribution < -0.4 is 4.90 Å². The van der Waals surface area contributed by atoms with Crippen LogP contribution >= 0.6 is 22.6 Å². The molecule has 6 nitrogen and oxygen atoms in total. The monoisotopic (exact) mass is 446 g/mol. The van der Waals surface area contributed by atoms with E-state index in [1.807, 2.05) is 30.5 Å². The number of rotatable bonds is 4. The molecular formula is C18H19IN6. The van der Waals surface area contributed by atoms with Gasteiger partial charge in [0.1, 0.15) is 9.87 Å². The van der Waals surface area contributed by atoms with Gasteiger partial charge in [0, 0.05) is 44.1 Å². The third kappa shape index (κ3) is 3.67. The Hall–Kier alpha value is -2.00. The largest absolute Gasteiger partial charge is 0.340 e. The van der Waals surface area contributed by atoms with E-state index in [0.29, 0.717) is 0 Å². The van der Waals surface area contributed by atoms with Gasteiger partial charge in [-0.2, -0.15) is 0 Å². The summed E-state index contributed by atoms with van der Waals surface area (Å²) in [6.45, 7) is 3.82. The molecule has 3 heterocycles. The number of aromatic amines is 1. The molecule has 128 valence electrons. The van der Waals surface area contributed by atoms with Crippen molar-refractivity contribution in [2.45, 2.75) is 4.05 Å². The van der Waals surface area contributed by atoms with Crippen LogP contribution in [0.4, 0.5) is 5.95 Å². The van der Waals surface area contributed by atoms with Crippen LogP contribution in [0.2, 0.25) is 0 Å². The predicted octanol–water partition coefficient (Wildman–Crippen LogP) is 3.12. The number of alkyl halides is 1. The molecule has 1 aliphatic heterocycles. The summed E-state index contributed by atoms with van der Waals surface area (Å²) < 4.78 is 0.279. The number of benzene rings is 1. The van der Waals surface area contributed by atoms with Crippen LogP contribution in [-0.2, 0) is 0 Å². The normalized spacial score (nSPS) is 16.8. The van der Waals surface area contributed by atoms with E-state index in [1.54, 1.807) is 12.4 Å². The van der Waals surface area contributed by atoms with Gasteiger partial charge in [0.2, 0.25) is 5.95 Å². The number of H-pyrrole nitrogens is 1. The number of imidazole rings is 1. The van der Waals surface area contributed by atoms with E-state index >= 15 is 0 Å². The van der Waals surface area contributed by atoms with Gasteiger partial charge in [0.25, 0.3) is 0 Å². The van der Waals surface area contributed by atoms with Crippen LogP contribution in [0.25, 0.3) is 11.4 Å². The first kappa shape index (κ1) is 16.5. The van der Waals surface area contributed by atoms with E-state index < -0.39 is 0 Å². The van der Waals surface area contributed by atoms with Gasteiger partial charge >= 0.3 is 0 Å². The molecule has 7 heteroatoms. The third-order valence-electron chi connectivity index (χ3n) is 4.37. The average molecular weight is 446 g/mol. The summed E-state index contributed by atoms with van der Waals surface area (Å²) in [7, 11) is 0. The second kappa shape index (κ2) is 7.49. The Labute approximate surface area is 160 Å². The van der Waals surface area contributed by atoms with Crippen molar-refractivity contribution < 1.29 is 0 Å². The van der Waals surface area contributed by atoms with Crippen molar-refractivity contribution >= 4 is 28.5 Å². The quantitative estimate of drug-likeness (QED) is 0.379. The van der Waals surface area contributed by atoms with E-state index in [2.05, 4.69) is 64.5 Å². The zero-order chi connectivity index (χ0) is 17.1. The van der Waals surface area contributed by atoms with Crippen molar-refractivity contribution in [3.63, 3.8) is 0 Å². The molecular weight excluding hydrogens is 427 g/mol. The van der Waals surface area contributed by atoms with Gasteiger partial charge in [-0.25, -0.2) is 15.0 Å². The summed E-state index contributed by atoms with van der Waals surface area (Å²) in [6.07, 6.45) is 5.54. The van der Waals surface area contributed by atoms with Crippen molar-refractivity contribution in [3.8, 4) is 11.4 Å². The maximum atomic E-state index is 4.55. The Morgan fingerprint density at radius 1 is 0.920 bits per heavy atom. The number of aromatic nitrogens is 4. The average Bonchev–Trinajstić information content (AvgIpc) is 3.19. The van der Waals surface area contributed by atoms with Gasteiger partial charge in [-0.15, -0.1) is 0 Å². The number of anilines is 1. The minimum atomic E-state index is 0.279. The summed E-state index contributed by atoms with van der Waals surface area (Å²) in [5.74, 6) is 1.74. The molecule has 1 N–H and O–H groups in total. The number of piperazine rings is 1. The van der Waals surface area contributed by atoms with E-state index in [0.717, 1.165) is 49.2 Å². The summed E-state index contributed by atoms with van der Waals surface area (Å²) in [4.78, 5) is 21.4. The topological polar surface area (TPSA) is 60.9 Å². The molecule has 25 heavy (non-hydrogen) atoms. The summed E-state index contributed by atoms with van der Waals surface area (Å²) in [5, 5.41) is 0.